The minimum Gasteiger partial charge on any atom is -0.383 e. The normalized spacial score (nSPS) is 12.6. The van der Waals surface area contributed by atoms with E-state index in [9.17, 15) is 0 Å². The predicted molar refractivity (Wildman–Crippen MR) is 74.0 cm³/mol. The van der Waals surface area contributed by atoms with Crippen LogP contribution in [-0.2, 0) is 0 Å². The highest BCUT2D eigenvalue weighted by Crippen LogP contribution is 2.21. The van der Waals surface area contributed by atoms with E-state index in [2.05, 4.69) is 31.2 Å². The number of anilines is 1. The molecule has 1 unspecified atom stereocenters. The summed E-state index contributed by atoms with van der Waals surface area (Å²) < 4.78 is 0.935. The van der Waals surface area contributed by atoms with Crippen molar-refractivity contribution in [3.8, 4) is 0 Å². The standard InChI is InChI=1S/C12H15BrN4/c1-8(14)2-4-15-10-3-5-16-11-6-9(13)7-17-12(10)11/h3,5-8H,2,4,14H2,1H3,(H,15,16). The molecule has 0 saturated carbocycles. The first-order valence-corrected chi connectivity index (χ1v) is 6.36. The van der Waals surface area contributed by atoms with Gasteiger partial charge in [-0.15, -0.1) is 0 Å². The van der Waals surface area contributed by atoms with Gasteiger partial charge >= 0.3 is 0 Å². The summed E-state index contributed by atoms with van der Waals surface area (Å²) in [5.41, 5.74) is 8.49. The van der Waals surface area contributed by atoms with E-state index in [1.807, 2.05) is 19.1 Å². The number of fused-ring (bicyclic) bond motifs is 1. The van der Waals surface area contributed by atoms with E-state index >= 15 is 0 Å². The first-order valence-electron chi connectivity index (χ1n) is 5.56. The lowest BCUT2D eigenvalue weighted by Crippen LogP contribution is -2.19. The van der Waals surface area contributed by atoms with Crippen LogP contribution in [0.3, 0.4) is 0 Å². The van der Waals surface area contributed by atoms with Crippen molar-refractivity contribution in [1.82, 2.24) is 9.97 Å². The molecule has 2 heterocycles. The molecule has 0 bridgehead atoms. The number of hydrogen-bond donors (Lipinski definition) is 2. The lowest BCUT2D eigenvalue weighted by molar-refractivity contribution is 0.690. The molecule has 0 aliphatic heterocycles. The molecule has 5 heteroatoms. The summed E-state index contributed by atoms with van der Waals surface area (Å²) in [4.78, 5) is 8.66. The Bertz CT molecular complexity index is 513. The fourth-order valence-corrected chi connectivity index (χ4v) is 1.90. The number of halogens is 1. The van der Waals surface area contributed by atoms with E-state index in [-0.39, 0.29) is 6.04 Å². The Morgan fingerprint density at radius 2 is 2.29 bits per heavy atom. The van der Waals surface area contributed by atoms with Crippen molar-refractivity contribution in [3.05, 3.63) is 29.0 Å². The molecule has 2 aromatic heterocycles. The molecule has 2 rings (SSSR count). The van der Waals surface area contributed by atoms with Crippen LogP contribution in [0, 0.1) is 0 Å². The highest BCUT2D eigenvalue weighted by atomic mass is 79.9. The van der Waals surface area contributed by atoms with Crippen molar-refractivity contribution in [2.24, 2.45) is 5.73 Å². The van der Waals surface area contributed by atoms with Crippen LogP contribution in [0.5, 0.6) is 0 Å². The number of hydrogen-bond acceptors (Lipinski definition) is 4. The van der Waals surface area contributed by atoms with E-state index < -0.39 is 0 Å². The van der Waals surface area contributed by atoms with E-state index in [0.29, 0.717) is 0 Å². The number of rotatable bonds is 4. The third-order valence-electron chi connectivity index (χ3n) is 2.46. The van der Waals surface area contributed by atoms with Crippen LogP contribution < -0.4 is 11.1 Å². The zero-order valence-corrected chi connectivity index (χ0v) is 11.2. The second-order valence-corrected chi connectivity index (χ2v) is 4.99. The number of pyridine rings is 2. The van der Waals surface area contributed by atoms with Gasteiger partial charge in [0.1, 0.15) is 5.52 Å². The SMILES string of the molecule is CC(N)CCNc1ccnc2cc(Br)cnc12. The maximum absolute atomic E-state index is 5.71. The Balaban J connectivity index is 2.22. The third-order valence-corrected chi connectivity index (χ3v) is 2.89. The maximum atomic E-state index is 5.71. The quantitative estimate of drug-likeness (QED) is 0.910. The van der Waals surface area contributed by atoms with Gasteiger partial charge in [-0.25, -0.2) is 0 Å². The Labute approximate surface area is 109 Å². The van der Waals surface area contributed by atoms with Crippen LogP contribution in [0.2, 0.25) is 0 Å². The Morgan fingerprint density at radius 3 is 3.06 bits per heavy atom. The second-order valence-electron chi connectivity index (χ2n) is 4.07. The number of nitrogens with zero attached hydrogens (tertiary/aromatic N) is 2. The topological polar surface area (TPSA) is 63.8 Å². The van der Waals surface area contributed by atoms with Crippen molar-refractivity contribution in [1.29, 1.82) is 0 Å². The Hall–Kier alpha value is -1.20. The summed E-state index contributed by atoms with van der Waals surface area (Å²) in [5.74, 6) is 0. The van der Waals surface area contributed by atoms with Gasteiger partial charge in [0.2, 0.25) is 0 Å². The minimum absolute atomic E-state index is 0.206. The molecule has 0 fully saturated rings. The number of nitrogens with one attached hydrogen (secondary N) is 1. The molecule has 0 aliphatic rings. The van der Waals surface area contributed by atoms with Crippen molar-refractivity contribution in [2.45, 2.75) is 19.4 Å². The van der Waals surface area contributed by atoms with E-state index in [4.69, 9.17) is 5.73 Å². The zero-order chi connectivity index (χ0) is 12.3. The molecule has 90 valence electrons. The molecular formula is C12H15BrN4. The molecule has 0 spiro atoms. The smallest absolute Gasteiger partial charge is 0.112 e. The van der Waals surface area contributed by atoms with Gasteiger partial charge in [0.15, 0.2) is 0 Å². The van der Waals surface area contributed by atoms with Gasteiger partial charge in [0.25, 0.3) is 0 Å². The van der Waals surface area contributed by atoms with Crippen LogP contribution in [-0.4, -0.2) is 22.6 Å². The molecule has 4 nitrogen and oxygen atoms in total. The van der Waals surface area contributed by atoms with Gasteiger partial charge in [0.05, 0.1) is 11.2 Å². The molecule has 0 aliphatic carbocycles. The fraction of sp³-hybridized carbons (Fsp3) is 0.333. The Morgan fingerprint density at radius 1 is 1.47 bits per heavy atom. The Kier molecular flexibility index (Phi) is 3.91. The molecule has 1 atom stereocenters. The molecule has 0 amide bonds. The van der Waals surface area contributed by atoms with Gasteiger partial charge < -0.3 is 11.1 Å². The molecule has 3 N–H and O–H groups in total. The summed E-state index contributed by atoms with van der Waals surface area (Å²) >= 11 is 3.39. The van der Waals surface area contributed by atoms with Gasteiger partial charge in [-0.1, -0.05) is 0 Å². The largest absolute Gasteiger partial charge is 0.383 e. The third kappa shape index (κ3) is 3.14. The van der Waals surface area contributed by atoms with Crippen LogP contribution in [0.25, 0.3) is 11.0 Å². The van der Waals surface area contributed by atoms with Gasteiger partial charge in [0, 0.05) is 29.5 Å². The molecule has 0 radical (unpaired) electrons. The van der Waals surface area contributed by atoms with Gasteiger partial charge in [-0.2, -0.15) is 0 Å². The highest BCUT2D eigenvalue weighted by molar-refractivity contribution is 9.10. The summed E-state index contributed by atoms with van der Waals surface area (Å²) in [6, 6.07) is 4.10. The molecule has 0 saturated heterocycles. The van der Waals surface area contributed by atoms with Crippen molar-refractivity contribution in [2.75, 3.05) is 11.9 Å². The zero-order valence-electron chi connectivity index (χ0n) is 9.65. The lowest BCUT2D eigenvalue weighted by Gasteiger charge is -2.10. The predicted octanol–water partition coefficient (Wildman–Crippen LogP) is 2.54. The molecular weight excluding hydrogens is 280 g/mol. The van der Waals surface area contributed by atoms with Crippen LogP contribution >= 0.6 is 15.9 Å². The minimum atomic E-state index is 0.206. The van der Waals surface area contributed by atoms with Crippen LogP contribution in [0.1, 0.15) is 13.3 Å². The van der Waals surface area contributed by atoms with Crippen molar-refractivity contribution < 1.29 is 0 Å². The van der Waals surface area contributed by atoms with E-state index in [1.165, 1.54) is 0 Å². The summed E-state index contributed by atoms with van der Waals surface area (Å²) in [7, 11) is 0. The van der Waals surface area contributed by atoms with E-state index in [1.54, 1.807) is 12.4 Å². The first-order chi connectivity index (χ1) is 8.16. The maximum Gasteiger partial charge on any atom is 0.112 e. The molecule has 0 aromatic carbocycles. The van der Waals surface area contributed by atoms with Crippen LogP contribution in [0.4, 0.5) is 5.69 Å². The highest BCUT2D eigenvalue weighted by Gasteiger charge is 2.03. The van der Waals surface area contributed by atoms with Crippen molar-refractivity contribution in [3.63, 3.8) is 0 Å². The molecule has 17 heavy (non-hydrogen) atoms. The van der Waals surface area contributed by atoms with Gasteiger partial charge in [-0.3, -0.25) is 9.97 Å². The van der Waals surface area contributed by atoms with E-state index in [0.717, 1.165) is 34.2 Å². The summed E-state index contributed by atoms with van der Waals surface area (Å²) in [5, 5.41) is 3.34. The fourth-order valence-electron chi connectivity index (χ4n) is 1.58. The number of nitrogens with two attached hydrogens (primary N) is 1. The average molecular weight is 295 g/mol. The monoisotopic (exact) mass is 294 g/mol. The lowest BCUT2D eigenvalue weighted by atomic mass is 10.2. The molecule has 2 aromatic rings. The van der Waals surface area contributed by atoms with Gasteiger partial charge in [-0.05, 0) is 41.4 Å². The second kappa shape index (κ2) is 5.42. The number of aromatic nitrogens is 2. The van der Waals surface area contributed by atoms with Crippen molar-refractivity contribution >= 4 is 32.7 Å². The van der Waals surface area contributed by atoms with Crippen LogP contribution in [0.15, 0.2) is 29.0 Å². The summed E-state index contributed by atoms with van der Waals surface area (Å²) in [6.45, 7) is 2.84. The summed E-state index contributed by atoms with van der Waals surface area (Å²) in [6.07, 6.45) is 4.49. The average Bonchev–Trinajstić information content (AvgIpc) is 2.28. The first kappa shape index (κ1) is 12.3.